The number of rotatable bonds is 3. The first-order valence-electron chi connectivity index (χ1n) is 6.36. The second-order valence-electron chi connectivity index (χ2n) is 4.90. The molecule has 0 saturated carbocycles. The van der Waals surface area contributed by atoms with Gasteiger partial charge in [0.1, 0.15) is 0 Å². The Balaban J connectivity index is 2.08. The van der Waals surface area contributed by atoms with Crippen LogP contribution in [0.1, 0.15) is 16.7 Å². The Morgan fingerprint density at radius 2 is 1.82 bits per heavy atom. The quantitative estimate of drug-likeness (QED) is 0.856. The van der Waals surface area contributed by atoms with Crippen LogP contribution in [-0.4, -0.2) is 37.6 Å². The monoisotopic (exact) mass is 230 g/mol. The van der Waals surface area contributed by atoms with Crippen LogP contribution in [0.15, 0.2) is 24.8 Å². The van der Waals surface area contributed by atoms with E-state index in [0.29, 0.717) is 0 Å². The van der Waals surface area contributed by atoms with E-state index in [2.05, 4.69) is 48.8 Å². The molecule has 2 nitrogen and oxygen atoms in total. The maximum Gasteiger partial charge on any atom is 0.0235 e. The number of benzene rings is 1. The standard InChI is InChI=1S/C15H22N2/c1-12-5-4-6-13(2)15(12)14(3)11-17-9-7-16-8-10-17/h4-6,16H,3,7-11H2,1-2H3. The first-order chi connectivity index (χ1) is 8.18. The smallest absolute Gasteiger partial charge is 0.0235 e. The van der Waals surface area contributed by atoms with E-state index in [9.17, 15) is 0 Å². The second-order valence-corrected chi connectivity index (χ2v) is 4.90. The van der Waals surface area contributed by atoms with Gasteiger partial charge in [-0.25, -0.2) is 0 Å². The summed E-state index contributed by atoms with van der Waals surface area (Å²) in [5, 5.41) is 3.38. The summed E-state index contributed by atoms with van der Waals surface area (Å²) < 4.78 is 0. The normalized spacial score (nSPS) is 17.1. The van der Waals surface area contributed by atoms with Gasteiger partial charge in [0.05, 0.1) is 0 Å². The number of piperazine rings is 1. The van der Waals surface area contributed by atoms with Gasteiger partial charge in [0, 0.05) is 32.7 Å². The fraction of sp³-hybridized carbons (Fsp3) is 0.467. The van der Waals surface area contributed by atoms with Gasteiger partial charge in [-0.3, -0.25) is 4.90 Å². The molecule has 0 radical (unpaired) electrons. The maximum atomic E-state index is 4.28. The van der Waals surface area contributed by atoms with Crippen LogP contribution in [0.25, 0.3) is 5.57 Å². The van der Waals surface area contributed by atoms with Crippen LogP contribution in [0.4, 0.5) is 0 Å². The third-order valence-corrected chi connectivity index (χ3v) is 3.46. The van der Waals surface area contributed by atoms with Crippen molar-refractivity contribution in [2.24, 2.45) is 0 Å². The van der Waals surface area contributed by atoms with Crippen molar-refractivity contribution in [3.8, 4) is 0 Å². The predicted octanol–water partition coefficient (Wildman–Crippen LogP) is 2.22. The molecule has 0 atom stereocenters. The highest BCUT2D eigenvalue weighted by molar-refractivity contribution is 5.70. The van der Waals surface area contributed by atoms with Crippen molar-refractivity contribution in [3.63, 3.8) is 0 Å². The number of nitrogens with zero attached hydrogens (tertiary/aromatic N) is 1. The molecule has 0 bridgehead atoms. The van der Waals surface area contributed by atoms with Crippen LogP contribution >= 0.6 is 0 Å². The number of nitrogens with one attached hydrogen (secondary N) is 1. The van der Waals surface area contributed by atoms with Gasteiger partial charge >= 0.3 is 0 Å². The van der Waals surface area contributed by atoms with Crippen LogP contribution < -0.4 is 5.32 Å². The maximum absolute atomic E-state index is 4.28. The average molecular weight is 230 g/mol. The van der Waals surface area contributed by atoms with Gasteiger partial charge in [-0.15, -0.1) is 0 Å². The van der Waals surface area contributed by atoms with Gasteiger partial charge in [0.25, 0.3) is 0 Å². The van der Waals surface area contributed by atoms with Crippen molar-refractivity contribution >= 4 is 5.57 Å². The summed E-state index contributed by atoms with van der Waals surface area (Å²) in [7, 11) is 0. The van der Waals surface area contributed by atoms with Crippen LogP contribution in [0.2, 0.25) is 0 Å². The van der Waals surface area contributed by atoms with Crippen LogP contribution in [0.3, 0.4) is 0 Å². The van der Waals surface area contributed by atoms with Crippen LogP contribution in [0.5, 0.6) is 0 Å². The SMILES string of the molecule is C=C(CN1CCNCC1)c1c(C)cccc1C. The van der Waals surface area contributed by atoms with E-state index in [0.717, 1.165) is 32.7 Å². The summed E-state index contributed by atoms with van der Waals surface area (Å²) in [6, 6.07) is 6.46. The largest absolute Gasteiger partial charge is 0.314 e. The molecule has 1 aliphatic rings. The van der Waals surface area contributed by atoms with E-state index >= 15 is 0 Å². The van der Waals surface area contributed by atoms with Crippen molar-refractivity contribution < 1.29 is 0 Å². The van der Waals surface area contributed by atoms with Gasteiger partial charge in [-0.05, 0) is 36.1 Å². The fourth-order valence-electron chi connectivity index (χ4n) is 2.59. The lowest BCUT2D eigenvalue weighted by Crippen LogP contribution is -2.43. The molecule has 1 heterocycles. The van der Waals surface area contributed by atoms with Gasteiger partial charge in [0.2, 0.25) is 0 Å². The minimum Gasteiger partial charge on any atom is -0.314 e. The predicted molar refractivity (Wildman–Crippen MR) is 74.3 cm³/mol. The third kappa shape index (κ3) is 2.96. The van der Waals surface area contributed by atoms with E-state index < -0.39 is 0 Å². The zero-order chi connectivity index (χ0) is 12.3. The average Bonchev–Trinajstić information content (AvgIpc) is 2.30. The summed E-state index contributed by atoms with van der Waals surface area (Å²) in [4.78, 5) is 2.48. The molecule has 0 amide bonds. The van der Waals surface area contributed by atoms with Crippen LogP contribution in [-0.2, 0) is 0 Å². The Hall–Kier alpha value is -1.12. The molecule has 2 rings (SSSR count). The number of hydrogen-bond donors (Lipinski definition) is 1. The molecule has 1 saturated heterocycles. The third-order valence-electron chi connectivity index (χ3n) is 3.46. The van der Waals surface area contributed by atoms with Gasteiger partial charge in [0.15, 0.2) is 0 Å². The van der Waals surface area contributed by atoms with E-state index in [1.54, 1.807) is 0 Å². The number of aryl methyl sites for hydroxylation is 2. The molecule has 1 N–H and O–H groups in total. The summed E-state index contributed by atoms with van der Waals surface area (Å²) in [5.74, 6) is 0. The Morgan fingerprint density at radius 1 is 1.24 bits per heavy atom. The minimum atomic E-state index is 0.993. The molecule has 92 valence electrons. The topological polar surface area (TPSA) is 15.3 Å². The summed E-state index contributed by atoms with van der Waals surface area (Å²) >= 11 is 0. The van der Waals surface area contributed by atoms with Crippen molar-refractivity contribution in [1.29, 1.82) is 0 Å². The fourth-order valence-corrected chi connectivity index (χ4v) is 2.59. The van der Waals surface area contributed by atoms with Gasteiger partial charge < -0.3 is 5.32 Å². The molecule has 17 heavy (non-hydrogen) atoms. The lowest BCUT2D eigenvalue weighted by Gasteiger charge is -2.28. The molecule has 1 aromatic carbocycles. The van der Waals surface area contributed by atoms with Crippen molar-refractivity contribution in [1.82, 2.24) is 10.2 Å². The lowest BCUT2D eigenvalue weighted by atomic mass is 9.96. The van der Waals surface area contributed by atoms with E-state index in [-0.39, 0.29) is 0 Å². The Morgan fingerprint density at radius 3 is 2.41 bits per heavy atom. The Labute approximate surface area is 104 Å². The highest BCUT2D eigenvalue weighted by Crippen LogP contribution is 2.22. The summed E-state index contributed by atoms with van der Waals surface area (Å²) in [6.45, 7) is 14.1. The van der Waals surface area contributed by atoms with Crippen molar-refractivity contribution in [3.05, 3.63) is 41.5 Å². The molecular weight excluding hydrogens is 208 g/mol. The molecule has 1 fully saturated rings. The molecule has 1 aliphatic heterocycles. The molecule has 2 heteroatoms. The Bertz CT molecular complexity index is 383. The molecule has 0 aromatic heterocycles. The Kier molecular flexibility index (Phi) is 3.97. The highest BCUT2D eigenvalue weighted by Gasteiger charge is 2.13. The van der Waals surface area contributed by atoms with Crippen molar-refractivity contribution in [2.75, 3.05) is 32.7 Å². The zero-order valence-electron chi connectivity index (χ0n) is 10.9. The van der Waals surface area contributed by atoms with E-state index in [1.807, 2.05) is 0 Å². The zero-order valence-corrected chi connectivity index (χ0v) is 10.9. The number of hydrogen-bond acceptors (Lipinski definition) is 2. The molecule has 0 aliphatic carbocycles. The van der Waals surface area contributed by atoms with Gasteiger partial charge in [-0.2, -0.15) is 0 Å². The van der Waals surface area contributed by atoms with Crippen LogP contribution in [0, 0.1) is 13.8 Å². The highest BCUT2D eigenvalue weighted by atomic mass is 15.2. The van der Waals surface area contributed by atoms with E-state index in [1.165, 1.54) is 22.3 Å². The minimum absolute atomic E-state index is 0.993. The lowest BCUT2D eigenvalue weighted by molar-refractivity contribution is 0.268. The molecule has 0 spiro atoms. The van der Waals surface area contributed by atoms with Crippen molar-refractivity contribution in [2.45, 2.75) is 13.8 Å². The van der Waals surface area contributed by atoms with E-state index in [4.69, 9.17) is 0 Å². The van der Waals surface area contributed by atoms with Gasteiger partial charge in [-0.1, -0.05) is 24.8 Å². The second kappa shape index (κ2) is 5.48. The molecule has 1 aromatic rings. The first kappa shape index (κ1) is 12.3. The summed E-state index contributed by atoms with van der Waals surface area (Å²) in [6.07, 6.45) is 0. The first-order valence-corrected chi connectivity index (χ1v) is 6.36. The summed E-state index contributed by atoms with van der Waals surface area (Å²) in [5.41, 5.74) is 5.28. The molecule has 0 unspecified atom stereocenters. The molecular formula is C15H22N2.